The monoisotopic (exact) mass is 268 g/mol. The molecule has 0 bridgehead atoms. The van der Waals surface area contributed by atoms with E-state index in [9.17, 15) is 5.11 Å². The standard InChI is InChI=1S/C12H21BN2O4/c1-11(2)12(3,4)19-13(18-11)9-8(7-16)15(5)14-10(9)17-6/h16H,7H2,1-6H3. The molecule has 0 radical (unpaired) electrons. The molecule has 0 spiro atoms. The third-order valence-electron chi connectivity index (χ3n) is 4.00. The average Bonchev–Trinajstić information content (AvgIpc) is 2.73. The van der Waals surface area contributed by atoms with Crippen LogP contribution >= 0.6 is 0 Å². The first-order chi connectivity index (χ1) is 8.73. The highest BCUT2D eigenvalue weighted by Crippen LogP contribution is 2.37. The van der Waals surface area contributed by atoms with Crippen molar-refractivity contribution in [3.8, 4) is 5.88 Å². The first-order valence-corrected chi connectivity index (χ1v) is 6.29. The Kier molecular flexibility index (Phi) is 3.41. The van der Waals surface area contributed by atoms with Crippen LogP contribution in [0.15, 0.2) is 0 Å². The predicted molar refractivity (Wildman–Crippen MR) is 71.4 cm³/mol. The molecule has 0 aromatic carbocycles. The summed E-state index contributed by atoms with van der Waals surface area (Å²) in [6.45, 7) is 7.78. The van der Waals surface area contributed by atoms with Crippen LogP contribution in [0, 0.1) is 0 Å². The van der Waals surface area contributed by atoms with Gasteiger partial charge in [-0.2, -0.15) is 0 Å². The molecule has 0 amide bonds. The summed E-state index contributed by atoms with van der Waals surface area (Å²) in [4.78, 5) is 0. The van der Waals surface area contributed by atoms with Gasteiger partial charge >= 0.3 is 7.12 Å². The molecule has 1 N–H and O–H groups in total. The van der Waals surface area contributed by atoms with Crippen molar-refractivity contribution < 1.29 is 19.2 Å². The van der Waals surface area contributed by atoms with Gasteiger partial charge in [0.25, 0.3) is 0 Å². The Morgan fingerprint density at radius 1 is 1.26 bits per heavy atom. The molecular formula is C12H21BN2O4. The maximum atomic E-state index is 9.50. The molecule has 1 aliphatic rings. The van der Waals surface area contributed by atoms with Crippen molar-refractivity contribution in [2.45, 2.75) is 45.5 Å². The minimum absolute atomic E-state index is 0.147. The maximum Gasteiger partial charge on any atom is 0.502 e. The Morgan fingerprint density at radius 2 is 1.79 bits per heavy atom. The van der Waals surface area contributed by atoms with E-state index >= 15 is 0 Å². The topological polar surface area (TPSA) is 65.7 Å². The van der Waals surface area contributed by atoms with Crippen LogP contribution in [-0.4, -0.2) is 40.3 Å². The second-order valence-electron chi connectivity index (χ2n) is 5.74. The van der Waals surface area contributed by atoms with Crippen molar-refractivity contribution in [3.05, 3.63) is 5.69 Å². The van der Waals surface area contributed by atoms with Gasteiger partial charge in [0.1, 0.15) is 0 Å². The van der Waals surface area contributed by atoms with Gasteiger partial charge in [-0.25, -0.2) is 0 Å². The highest BCUT2D eigenvalue weighted by Gasteiger charge is 2.53. The van der Waals surface area contributed by atoms with Crippen LogP contribution in [0.5, 0.6) is 5.88 Å². The summed E-state index contributed by atoms with van der Waals surface area (Å²) in [6.07, 6.45) is 0. The number of nitrogens with zero attached hydrogens (tertiary/aromatic N) is 2. The summed E-state index contributed by atoms with van der Waals surface area (Å²) in [5.74, 6) is 0.421. The van der Waals surface area contributed by atoms with E-state index in [1.165, 1.54) is 7.11 Å². The van der Waals surface area contributed by atoms with E-state index in [0.717, 1.165) is 0 Å². The number of hydrogen-bond donors (Lipinski definition) is 1. The van der Waals surface area contributed by atoms with Gasteiger partial charge in [0.15, 0.2) is 0 Å². The van der Waals surface area contributed by atoms with Crippen LogP contribution < -0.4 is 10.2 Å². The molecule has 7 heteroatoms. The predicted octanol–water partition coefficient (Wildman–Crippen LogP) is 0.220. The lowest BCUT2D eigenvalue weighted by Gasteiger charge is -2.32. The molecule has 1 aliphatic heterocycles. The summed E-state index contributed by atoms with van der Waals surface area (Å²) in [6, 6.07) is 0. The van der Waals surface area contributed by atoms with Crippen molar-refractivity contribution in [1.82, 2.24) is 9.78 Å². The van der Waals surface area contributed by atoms with Crippen molar-refractivity contribution in [3.63, 3.8) is 0 Å². The Hall–Kier alpha value is -1.05. The minimum Gasteiger partial charge on any atom is -0.480 e. The van der Waals surface area contributed by atoms with Gasteiger partial charge < -0.3 is 19.2 Å². The van der Waals surface area contributed by atoms with Gasteiger partial charge in [0.2, 0.25) is 5.88 Å². The zero-order valence-electron chi connectivity index (χ0n) is 12.4. The summed E-state index contributed by atoms with van der Waals surface area (Å²) >= 11 is 0. The van der Waals surface area contributed by atoms with Crippen molar-refractivity contribution >= 4 is 12.6 Å². The van der Waals surface area contributed by atoms with E-state index in [0.29, 0.717) is 17.0 Å². The fourth-order valence-corrected chi connectivity index (χ4v) is 2.08. The Labute approximate surface area is 113 Å². The number of aryl methyl sites for hydroxylation is 1. The third kappa shape index (κ3) is 2.15. The lowest BCUT2D eigenvalue weighted by molar-refractivity contribution is 0.00578. The van der Waals surface area contributed by atoms with Gasteiger partial charge in [-0.1, -0.05) is 0 Å². The molecule has 0 aliphatic carbocycles. The molecule has 2 rings (SSSR count). The molecule has 19 heavy (non-hydrogen) atoms. The number of aromatic nitrogens is 2. The zero-order chi connectivity index (χ0) is 14.4. The summed E-state index contributed by atoms with van der Waals surface area (Å²) < 4.78 is 18.8. The second kappa shape index (κ2) is 4.50. The van der Waals surface area contributed by atoms with Gasteiger partial charge in [0.05, 0.1) is 36.1 Å². The number of hydrogen-bond acceptors (Lipinski definition) is 5. The largest absolute Gasteiger partial charge is 0.502 e. The number of aliphatic hydroxyl groups excluding tert-OH is 1. The van der Waals surface area contributed by atoms with E-state index in [2.05, 4.69) is 5.10 Å². The van der Waals surface area contributed by atoms with Gasteiger partial charge in [-0.3, -0.25) is 4.68 Å². The van der Waals surface area contributed by atoms with E-state index in [1.807, 2.05) is 27.7 Å². The fraction of sp³-hybridized carbons (Fsp3) is 0.750. The summed E-state index contributed by atoms with van der Waals surface area (Å²) in [5.41, 5.74) is 0.415. The first kappa shape index (κ1) is 14.4. The lowest BCUT2D eigenvalue weighted by Crippen LogP contribution is -2.41. The van der Waals surface area contributed by atoms with E-state index in [4.69, 9.17) is 14.0 Å². The zero-order valence-corrected chi connectivity index (χ0v) is 12.4. The normalized spacial score (nSPS) is 20.9. The second-order valence-corrected chi connectivity index (χ2v) is 5.74. The smallest absolute Gasteiger partial charge is 0.480 e. The van der Waals surface area contributed by atoms with E-state index < -0.39 is 18.3 Å². The van der Waals surface area contributed by atoms with Crippen molar-refractivity contribution in [2.24, 2.45) is 7.05 Å². The molecule has 1 aromatic heterocycles. The Morgan fingerprint density at radius 3 is 2.21 bits per heavy atom. The first-order valence-electron chi connectivity index (χ1n) is 6.29. The van der Waals surface area contributed by atoms with Crippen molar-refractivity contribution in [2.75, 3.05) is 7.11 Å². The molecule has 6 nitrogen and oxygen atoms in total. The lowest BCUT2D eigenvalue weighted by atomic mass is 9.78. The van der Waals surface area contributed by atoms with Gasteiger partial charge in [-0.05, 0) is 27.7 Å². The van der Waals surface area contributed by atoms with E-state index in [1.54, 1.807) is 11.7 Å². The molecule has 1 saturated heterocycles. The van der Waals surface area contributed by atoms with Crippen LogP contribution in [0.2, 0.25) is 0 Å². The summed E-state index contributed by atoms with van der Waals surface area (Å²) in [5, 5.41) is 13.7. The highest BCUT2D eigenvalue weighted by molar-refractivity contribution is 6.63. The molecule has 0 atom stereocenters. The molecule has 1 fully saturated rings. The van der Waals surface area contributed by atoms with Gasteiger partial charge in [0, 0.05) is 7.05 Å². The fourth-order valence-electron chi connectivity index (χ4n) is 2.08. The van der Waals surface area contributed by atoms with Crippen LogP contribution in [-0.2, 0) is 23.0 Å². The number of ether oxygens (including phenoxy) is 1. The molecule has 0 saturated carbocycles. The number of aliphatic hydroxyl groups is 1. The van der Waals surface area contributed by atoms with Gasteiger partial charge in [-0.15, -0.1) is 5.10 Å². The number of rotatable bonds is 3. The third-order valence-corrected chi connectivity index (χ3v) is 4.00. The SMILES string of the molecule is COc1nn(C)c(CO)c1B1OC(C)(C)C(C)(C)O1. The highest BCUT2D eigenvalue weighted by atomic mass is 16.7. The quantitative estimate of drug-likeness (QED) is 0.794. The number of methoxy groups -OCH3 is 1. The Bertz CT molecular complexity index is 468. The van der Waals surface area contributed by atoms with Crippen molar-refractivity contribution in [1.29, 1.82) is 0 Å². The maximum absolute atomic E-state index is 9.50. The molecule has 106 valence electrons. The average molecular weight is 268 g/mol. The van der Waals surface area contributed by atoms with Crippen LogP contribution in [0.3, 0.4) is 0 Å². The van der Waals surface area contributed by atoms with Crippen LogP contribution in [0.4, 0.5) is 0 Å². The summed E-state index contributed by atoms with van der Waals surface area (Å²) in [7, 11) is 2.71. The van der Waals surface area contributed by atoms with Crippen LogP contribution in [0.1, 0.15) is 33.4 Å². The molecular weight excluding hydrogens is 247 g/mol. The molecule has 1 aromatic rings. The Balaban J connectivity index is 2.44. The van der Waals surface area contributed by atoms with Crippen LogP contribution in [0.25, 0.3) is 0 Å². The molecule has 2 heterocycles. The molecule has 0 unspecified atom stereocenters. The minimum atomic E-state index is -0.587. The van der Waals surface area contributed by atoms with E-state index in [-0.39, 0.29) is 6.61 Å².